The zero-order valence-electron chi connectivity index (χ0n) is 12.2. The molecule has 1 amide bonds. The van der Waals surface area contributed by atoms with Crippen LogP contribution in [-0.2, 0) is 11.2 Å². The van der Waals surface area contributed by atoms with Crippen molar-refractivity contribution in [2.24, 2.45) is 0 Å². The molecular weight excluding hydrogens is 282 g/mol. The monoisotopic (exact) mass is 299 g/mol. The van der Waals surface area contributed by atoms with Crippen LogP contribution in [0.3, 0.4) is 0 Å². The maximum Gasteiger partial charge on any atom is 0.248 e. The topological polar surface area (TPSA) is 29.1 Å². The summed E-state index contributed by atoms with van der Waals surface area (Å²) in [4.78, 5) is 12.0. The molecule has 0 bridgehead atoms. The standard InChI is InChI=1S/C18H18ClNO/c1-3-15-6-4-5-13(2)18(15)20-17(21)12-9-14-7-10-16(19)11-8-14/h4-12H,3H2,1-2H3,(H,20,21)/b12-9-. The van der Waals surface area contributed by atoms with Crippen molar-refractivity contribution >= 4 is 29.3 Å². The highest BCUT2D eigenvalue weighted by molar-refractivity contribution is 6.30. The molecule has 0 aliphatic heterocycles. The molecule has 0 aliphatic rings. The number of anilines is 1. The lowest BCUT2D eigenvalue weighted by atomic mass is 10.1. The van der Waals surface area contributed by atoms with Gasteiger partial charge in [0.25, 0.3) is 0 Å². The molecule has 2 nitrogen and oxygen atoms in total. The predicted molar refractivity (Wildman–Crippen MR) is 89.7 cm³/mol. The number of hydrogen-bond acceptors (Lipinski definition) is 1. The van der Waals surface area contributed by atoms with E-state index in [2.05, 4.69) is 12.2 Å². The Kier molecular flexibility index (Phi) is 5.18. The lowest BCUT2D eigenvalue weighted by molar-refractivity contribution is -0.111. The van der Waals surface area contributed by atoms with Gasteiger partial charge in [-0.3, -0.25) is 4.79 Å². The highest BCUT2D eigenvalue weighted by Crippen LogP contribution is 2.21. The largest absolute Gasteiger partial charge is 0.322 e. The number of carbonyl (C=O) groups is 1. The summed E-state index contributed by atoms with van der Waals surface area (Å²) in [6.45, 7) is 4.08. The van der Waals surface area contributed by atoms with Crippen LogP contribution in [0.25, 0.3) is 6.08 Å². The number of carbonyl (C=O) groups excluding carboxylic acids is 1. The molecule has 108 valence electrons. The van der Waals surface area contributed by atoms with E-state index in [9.17, 15) is 4.79 Å². The van der Waals surface area contributed by atoms with E-state index in [1.165, 1.54) is 6.08 Å². The van der Waals surface area contributed by atoms with E-state index in [0.717, 1.165) is 28.8 Å². The van der Waals surface area contributed by atoms with Gasteiger partial charge < -0.3 is 5.32 Å². The Labute approximate surface area is 130 Å². The summed E-state index contributed by atoms with van der Waals surface area (Å²) in [6.07, 6.45) is 4.20. The van der Waals surface area contributed by atoms with Crippen molar-refractivity contribution in [3.05, 3.63) is 70.3 Å². The Balaban J connectivity index is 2.10. The predicted octanol–water partition coefficient (Wildman–Crippen LogP) is 4.86. The summed E-state index contributed by atoms with van der Waals surface area (Å²) in [5.41, 5.74) is 4.06. The Bertz CT molecular complexity index is 659. The van der Waals surface area contributed by atoms with Gasteiger partial charge in [0.15, 0.2) is 0 Å². The van der Waals surface area contributed by atoms with E-state index in [1.54, 1.807) is 18.2 Å². The number of benzene rings is 2. The molecule has 0 unspecified atom stereocenters. The van der Waals surface area contributed by atoms with Gasteiger partial charge in [-0.2, -0.15) is 0 Å². The Hall–Kier alpha value is -2.06. The maximum absolute atomic E-state index is 12.0. The molecule has 0 radical (unpaired) electrons. The fourth-order valence-electron chi connectivity index (χ4n) is 2.11. The fourth-order valence-corrected chi connectivity index (χ4v) is 2.24. The number of aryl methyl sites for hydroxylation is 2. The SMILES string of the molecule is CCc1cccc(C)c1NC(=O)/C=C\c1ccc(Cl)cc1. The highest BCUT2D eigenvalue weighted by Gasteiger charge is 2.06. The van der Waals surface area contributed by atoms with Gasteiger partial charge in [-0.1, -0.05) is 48.9 Å². The van der Waals surface area contributed by atoms with Crippen LogP contribution in [-0.4, -0.2) is 5.91 Å². The minimum Gasteiger partial charge on any atom is -0.322 e. The van der Waals surface area contributed by atoms with E-state index in [0.29, 0.717) is 5.02 Å². The summed E-state index contributed by atoms with van der Waals surface area (Å²) >= 11 is 5.83. The normalized spacial score (nSPS) is 10.8. The fraction of sp³-hybridized carbons (Fsp3) is 0.167. The van der Waals surface area contributed by atoms with Gasteiger partial charge in [-0.25, -0.2) is 0 Å². The van der Waals surface area contributed by atoms with Crippen molar-refractivity contribution in [2.75, 3.05) is 5.32 Å². The third-order valence-electron chi connectivity index (χ3n) is 3.29. The van der Waals surface area contributed by atoms with E-state index >= 15 is 0 Å². The van der Waals surface area contributed by atoms with Crippen LogP contribution >= 0.6 is 11.6 Å². The van der Waals surface area contributed by atoms with E-state index in [-0.39, 0.29) is 5.91 Å². The minimum atomic E-state index is -0.131. The van der Waals surface area contributed by atoms with Gasteiger partial charge in [-0.15, -0.1) is 0 Å². The van der Waals surface area contributed by atoms with E-state index in [1.807, 2.05) is 37.3 Å². The second-order valence-corrected chi connectivity index (χ2v) is 5.27. The molecule has 0 aromatic heterocycles. The average molecular weight is 300 g/mol. The van der Waals surface area contributed by atoms with Crippen LogP contribution in [0.1, 0.15) is 23.6 Å². The molecule has 0 fully saturated rings. The van der Waals surface area contributed by atoms with Crippen molar-refractivity contribution in [2.45, 2.75) is 20.3 Å². The lowest BCUT2D eigenvalue weighted by Gasteiger charge is -2.11. The molecule has 0 saturated carbocycles. The molecule has 3 heteroatoms. The third kappa shape index (κ3) is 4.20. The van der Waals surface area contributed by atoms with Crippen LogP contribution in [0, 0.1) is 6.92 Å². The molecule has 0 atom stereocenters. The Morgan fingerprint density at radius 1 is 1.19 bits per heavy atom. The van der Waals surface area contributed by atoms with Crippen LogP contribution in [0.2, 0.25) is 5.02 Å². The molecule has 0 heterocycles. The second-order valence-electron chi connectivity index (χ2n) is 4.84. The summed E-state index contributed by atoms with van der Waals surface area (Å²) in [5.74, 6) is -0.131. The second kappa shape index (κ2) is 7.09. The van der Waals surface area contributed by atoms with Crippen LogP contribution in [0.4, 0.5) is 5.69 Å². The van der Waals surface area contributed by atoms with Crippen molar-refractivity contribution in [1.82, 2.24) is 0 Å². The number of halogens is 1. The quantitative estimate of drug-likeness (QED) is 0.802. The van der Waals surface area contributed by atoms with Crippen molar-refractivity contribution < 1.29 is 4.79 Å². The van der Waals surface area contributed by atoms with Crippen LogP contribution in [0.5, 0.6) is 0 Å². The van der Waals surface area contributed by atoms with Crippen molar-refractivity contribution in [3.8, 4) is 0 Å². The summed E-state index contributed by atoms with van der Waals surface area (Å²) in [5, 5.41) is 3.64. The molecule has 21 heavy (non-hydrogen) atoms. The molecule has 2 rings (SSSR count). The van der Waals surface area contributed by atoms with Crippen LogP contribution in [0.15, 0.2) is 48.5 Å². The number of rotatable bonds is 4. The maximum atomic E-state index is 12.0. The van der Waals surface area contributed by atoms with E-state index < -0.39 is 0 Å². The van der Waals surface area contributed by atoms with Gasteiger partial charge in [-0.05, 0) is 48.2 Å². The van der Waals surface area contributed by atoms with Crippen molar-refractivity contribution in [3.63, 3.8) is 0 Å². The third-order valence-corrected chi connectivity index (χ3v) is 3.54. The number of nitrogens with one attached hydrogen (secondary N) is 1. The Morgan fingerprint density at radius 3 is 2.57 bits per heavy atom. The first-order valence-corrected chi connectivity index (χ1v) is 7.31. The highest BCUT2D eigenvalue weighted by atomic mass is 35.5. The molecule has 0 saturated heterocycles. The van der Waals surface area contributed by atoms with E-state index in [4.69, 9.17) is 11.6 Å². The minimum absolute atomic E-state index is 0.131. The number of amides is 1. The molecule has 2 aromatic carbocycles. The van der Waals surface area contributed by atoms with Crippen molar-refractivity contribution in [1.29, 1.82) is 0 Å². The molecule has 0 spiro atoms. The Morgan fingerprint density at radius 2 is 1.90 bits per heavy atom. The molecular formula is C18H18ClNO. The van der Waals surface area contributed by atoms with Gasteiger partial charge in [0, 0.05) is 16.8 Å². The smallest absolute Gasteiger partial charge is 0.248 e. The number of hydrogen-bond donors (Lipinski definition) is 1. The van der Waals surface area contributed by atoms with Gasteiger partial charge >= 0.3 is 0 Å². The average Bonchev–Trinajstić information content (AvgIpc) is 2.49. The zero-order valence-corrected chi connectivity index (χ0v) is 12.9. The van der Waals surface area contributed by atoms with Gasteiger partial charge in [0.2, 0.25) is 5.91 Å². The first kappa shape index (κ1) is 15.3. The summed E-state index contributed by atoms with van der Waals surface area (Å²) < 4.78 is 0. The number of para-hydroxylation sites is 1. The summed E-state index contributed by atoms with van der Waals surface area (Å²) in [6, 6.07) is 13.4. The molecule has 0 aliphatic carbocycles. The van der Waals surface area contributed by atoms with Crippen LogP contribution < -0.4 is 5.32 Å². The molecule has 1 N–H and O–H groups in total. The first-order valence-electron chi connectivity index (χ1n) is 6.93. The van der Waals surface area contributed by atoms with Gasteiger partial charge in [0.1, 0.15) is 0 Å². The first-order chi connectivity index (χ1) is 10.1. The summed E-state index contributed by atoms with van der Waals surface area (Å²) in [7, 11) is 0. The molecule has 2 aromatic rings. The van der Waals surface area contributed by atoms with Gasteiger partial charge in [0.05, 0.1) is 0 Å². The lowest BCUT2D eigenvalue weighted by Crippen LogP contribution is -2.11. The zero-order chi connectivity index (χ0) is 15.2.